The number of benzene rings is 2. The predicted octanol–water partition coefficient (Wildman–Crippen LogP) is 3.33. The Kier molecular flexibility index (Phi) is 5.05. The average molecular weight is 357 g/mol. The number of aliphatic carboxylic acids is 1. The summed E-state index contributed by atoms with van der Waals surface area (Å²) in [4.78, 5) is 27.1. The number of hydrogen-bond donors (Lipinski definition) is 3. The van der Waals surface area contributed by atoms with Crippen LogP contribution in [0.5, 0.6) is 0 Å². The maximum Gasteiger partial charge on any atom is 0.326 e. The van der Waals surface area contributed by atoms with Crippen molar-refractivity contribution < 1.29 is 14.7 Å². The van der Waals surface area contributed by atoms with E-state index in [1.54, 1.807) is 24.4 Å². The molecule has 0 saturated heterocycles. The van der Waals surface area contributed by atoms with Crippen LogP contribution in [-0.4, -0.2) is 28.0 Å². The van der Waals surface area contributed by atoms with Gasteiger partial charge in [-0.25, -0.2) is 4.79 Å². The maximum absolute atomic E-state index is 12.4. The number of alkyl halides is 1. The van der Waals surface area contributed by atoms with Gasteiger partial charge in [-0.15, -0.1) is 11.6 Å². The first-order valence-electron chi connectivity index (χ1n) is 7.82. The zero-order valence-corrected chi connectivity index (χ0v) is 14.1. The number of halogens is 1. The molecular weight excluding hydrogens is 340 g/mol. The molecule has 0 aliphatic heterocycles. The minimum atomic E-state index is -1.08. The number of aromatic nitrogens is 1. The third kappa shape index (κ3) is 3.83. The fourth-order valence-electron chi connectivity index (χ4n) is 2.76. The molecule has 1 heterocycles. The van der Waals surface area contributed by atoms with Crippen LogP contribution in [0.15, 0.2) is 54.7 Å². The highest BCUT2D eigenvalue weighted by atomic mass is 35.5. The minimum absolute atomic E-state index is 0.195. The number of para-hydroxylation sites is 1. The van der Waals surface area contributed by atoms with Crippen LogP contribution in [0.2, 0.25) is 0 Å². The Balaban J connectivity index is 1.79. The van der Waals surface area contributed by atoms with Crippen LogP contribution in [0.25, 0.3) is 10.9 Å². The van der Waals surface area contributed by atoms with E-state index in [-0.39, 0.29) is 6.42 Å². The summed E-state index contributed by atoms with van der Waals surface area (Å²) in [5.74, 6) is -1.22. The first kappa shape index (κ1) is 17.0. The van der Waals surface area contributed by atoms with E-state index >= 15 is 0 Å². The first-order chi connectivity index (χ1) is 12.1. The average Bonchev–Trinajstić information content (AvgIpc) is 3.04. The van der Waals surface area contributed by atoms with Crippen LogP contribution in [-0.2, 0) is 17.1 Å². The van der Waals surface area contributed by atoms with Gasteiger partial charge in [-0.3, -0.25) is 4.79 Å². The molecule has 3 N–H and O–H groups in total. The van der Waals surface area contributed by atoms with E-state index in [0.29, 0.717) is 11.4 Å². The molecular formula is C19H17ClN2O3. The van der Waals surface area contributed by atoms with Gasteiger partial charge in [0.15, 0.2) is 0 Å². The lowest BCUT2D eigenvalue weighted by molar-refractivity contribution is -0.139. The molecule has 128 valence electrons. The Morgan fingerprint density at radius 3 is 2.72 bits per heavy atom. The molecule has 1 atom stereocenters. The predicted molar refractivity (Wildman–Crippen MR) is 96.9 cm³/mol. The van der Waals surface area contributed by atoms with Gasteiger partial charge in [-0.1, -0.05) is 30.3 Å². The normalized spacial score (nSPS) is 12.0. The third-order valence-electron chi connectivity index (χ3n) is 4.05. The Hall–Kier alpha value is -2.79. The van der Waals surface area contributed by atoms with Crippen LogP contribution in [0.1, 0.15) is 21.5 Å². The lowest BCUT2D eigenvalue weighted by Gasteiger charge is -2.14. The highest BCUT2D eigenvalue weighted by molar-refractivity contribution is 6.17. The van der Waals surface area contributed by atoms with Crippen molar-refractivity contribution in [3.8, 4) is 0 Å². The summed E-state index contributed by atoms with van der Waals surface area (Å²) in [7, 11) is 0. The molecule has 2 aromatic carbocycles. The minimum Gasteiger partial charge on any atom is -0.480 e. The topological polar surface area (TPSA) is 82.2 Å². The molecule has 25 heavy (non-hydrogen) atoms. The van der Waals surface area contributed by atoms with Crippen molar-refractivity contribution in [2.45, 2.75) is 18.3 Å². The van der Waals surface area contributed by atoms with E-state index in [0.717, 1.165) is 22.0 Å². The van der Waals surface area contributed by atoms with Gasteiger partial charge in [0.25, 0.3) is 5.91 Å². The second kappa shape index (κ2) is 7.40. The van der Waals surface area contributed by atoms with Crippen molar-refractivity contribution in [1.29, 1.82) is 0 Å². The molecule has 0 unspecified atom stereocenters. The maximum atomic E-state index is 12.4. The molecule has 0 saturated carbocycles. The van der Waals surface area contributed by atoms with Crippen LogP contribution >= 0.6 is 11.6 Å². The number of carbonyl (C=O) groups is 2. The van der Waals surface area contributed by atoms with Crippen LogP contribution in [0.3, 0.4) is 0 Å². The molecule has 1 amide bonds. The fourth-order valence-corrected chi connectivity index (χ4v) is 2.92. The van der Waals surface area contributed by atoms with Crippen LogP contribution < -0.4 is 5.32 Å². The molecule has 0 fully saturated rings. The lowest BCUT2D eigenvalue weighted by atomic mass is 10.0. The number of amides is 1. The van der Waals surface area contributed by atoms with Crippen molar-refractivity contribution in [3.63, 3.8) is 0 Å². The van der Waals surface area contributed by atoms with E-state index in [2.05, 4.69) is 10.3 Å². The summed E-state index contributed by atoms with van der Waals surface area (Å²) in [5, 5.41) is 13.0. The highest BCUT2D eigenvalue weighted by Gasteiger charge is 2.22. The molecule has 6 heteroatoms. The van der Waals surface area contributed by atoms with Crippen molar-refractivity contribution >= 4 is 34.4 Å². The van der Waals surface area contributed by atoms with E-state index in [1.807, 2.05) is 30.3 Å². The number of fused-ring (bicyclic) bond motifs is 1. The molecule has 0 aliphatic rings. The molecule has 3 rings (SSSR count). The van der Waals surface area contributed by atoms with Gasteiger partial charge in [0.05, 0.1) is 0 Å². The second-order valence-corrected chi connectivity index (χ2v) is 6.03. The molecule has 0 aliphatic carbocycles. The smallest absolute Gasteiger partial charge is 0.326 e. The van der Waals surface area contributed by atoms with Gasteiger partial charge >= 0.3 is 5.97 Å². The van der Waals surface area contributed by atoms with Gasteiger partial charge in [0.2, 0.25) is 0 Å². The number of aromatic amines is 1. The van der Waals surface area contributed by atoms with Gasteiger partial charge in [0, 0.05) is 35.0 Å². The number of carboxylic acids is 1. The van der Waals surface area contributed by atoms with Crippen molar-refractivity contribution in [2.24, 2.45) is 0 Å². The van der Waals surface area contributed by atoms with Gasteiger partial charge in [-0.05, 0) is 29.3 Å². The van der Waals surface area contributed by atoms with Crippen LogP contribution in [0.4, 0.5) is 0 Å². The van der Waals surface area contributed by atoms with E-state index in [9.17, 15) is 14.7 Å². The Bertz CT molecular complexity index is 920. The largest absolute Gasteiger partial charge is 0.480 e. The number of H-pyrrole nitrogens is 1. The number of hydrogen-bond acceptors (Lipinski definition) is 2. The summed E-state index contributed by atoms with van der Waals surface area (Å²) in [6, 6.07) is 13.5. The lowest BCUT2D eigenvalue weighted by Crippen LogP contribution is -2.42. The standard InChI is InChI=1S/C19H17ClN2O3/c20-10-12-4-3-5-13(8-12)18(23)22-17(19(24)25)9-14-11-21-16-7-2-1-6-15(14)16/h1-8,11,17,21H,9-10H2,(H,22,23)(H,24,25)/t17-/m0/s1. The SMILES string of the molecule is O=C(N[C@@H](Cc1c[nH]c2ccccc12)C(=O)O)c1cccc(CCl)c1. The molecule has 5 nitrogen and oxygen atoms in total. The highest BCUT2D eigenvalue weighted by Crippen LogP contribution is 2.19. The van der Waals surface area contributed by atoms with Gasteiger partial charge < -0.3 is 15.4 Å². The quantitative estimate of drug-likeness (QED) is 0.592. The molecule has 0 bridgehead atoms. The number of nitrogens with one attached hydrogen (secondary N) is 2. The Labute approximate surface area is 149 Å². The summed E-state index contributed by atoms with van der Waals surface area (Å²) in [5.41, 5.74) is 2.97. The first-order valence-corrected chi connectivity index (χ1v) is 8.35. The number of carboxylic acid groups (broad SMARTS) is 1. The van der Waals surface area contributed by atoms with Crippen molar-refractivity contribution in [3.05, 3.63) is 71.4 Å². The monoisotopic (exact) mass is 356 g/mol. The summed E-state index contributed by atoms with van der Waals surface area (Å²) in [6.07, 6.45) is 1.97. The Morgan fingerprint density at radius 2 is 1.96 bits per heavy atom. The number of carbonyl (C=O) groups excluding carboxylic acids is 1. The van der Waals surface area contributed by atoms with E-state index in [1.165, 1.54) is 0 Å². The number of rotatable bonds is 6. The fraction of sp³-hybridized carbons (Fsp3) is 0.158. The zero-order valence-electron chi connectivity index (χ0n) is 13.3. The second-order valence-electron chi connectivity index (χ2n) is 5.76. The summed E-state index contributed by atoms with van der Waals surface area (Å²) >= 11 is 5.78. The van der Waals surface area contributed by atoms with E-state index < -0.39 is 17.9 Å². The summed E-state index contributed by atoms with van der Waals surface area (Å²) < 4.78 is 0. The van der Waals surface area contributed by atoms with Gasteiger partial charge in [-0.2, -0.15) is 0 Å². The van der Waals surface area contributed by atoms with Crippen LogP contribution in [0, 0.1) is 0 Å². The van der Waals surface area contributed by atoms with E-state index in [4.69, 9.17) is 11.6 Å². The van der Waals surface area contributed by atoms with Gasteiger partial charge in [0.1, 0.15) is 6.04 Å². The molecule has 0 radical (unpaired) electrons. The third-order valence-corrected chi connectivity index (χ3v) is 4.35. The Morgan fingerprint density at radius 1 is 1.16 bits per heavy atom. The molecule has 3 aromatic rings. The summed E-state index contributed by atoms with van der Waals surface area (Å²) in [6.45, 7) is 0. The zero-order chi connectivity index (χ0) is 17.8. The molecule has 1 aromatic heterocycles. The molecule has 0 spiro atoms. The van der Waals surface area contributed by atoms with Crippen molar-refractivity contribution in [1.82, 2.24) is 10.3 Å². The van der Waals surface area contributed by atoms with Crippen molar-refractivity contribution in [2.75, 3.05) is 0 Å².